The lowest BCUT2D eigenvalue weighted by Gasteiger charge is -2.21. The van der Waals surface area contributed by atoms with Crippen molar-refractivity contribution in [3.8, 4) is 44.9 Å². The highest BCUT2D eigenvalue weighted by atomic mass is 35.5. The molecule has 2 saturated heterocycles. The second kappa shape index (κ2) is 30.9. The molecule has 492 valence electrons. The van der Waals surface area contributed by atoms with Crippen LogP contribution in [0.25, 0.3) is 66.8 Å². The topological polar surface area (TPSA) is 300 Å². The first-order valence-corrected chi connectivity index (χ1v) is 30.4. The molecule has 6 aliphatic rings. The summed E-state index contributed by atoms with van der Waals surface area (Å²) in [7, 11) is 19.2. The van der Waals surface area contributed by atoms with Crippen LogP contribution in [0.1, 0.15) is 80.5 Å². The van der Waals surface area contributed by atoms with Gasteiger partial charge in [0.15, 0.2) is 0 Å². The number of amides is 4. The molecule has 94 heavy (non-hydrogen) atoms. The molecule has 2 fully saturated rings. The van der Waals surface area contributed by atoms with Crippen LogP contribution in [0, 0.1) is 0 Å². The average Bonchev–Trinajstić information content (AvgIpc) is 0.845. The Morgan fingerprint density at radius 3 is 1.37 bits per heavy atom. The molecule has 24 nitrogen and oxygen atoms in total. The molecule has 4 heterocycles. The van der Waals surface area contributed by atoms with Gasteiger partial charge in [0.25, 0.3) is 23.6 Å². The third-order valence-corrected chi connectivity index (χ3v) is 16.0. The van der Waals surface area contributed by atoms with Crippen molar-refractivity contribution >= 4 is 133 Å². The first-order chi connectivity index (χ1) is 44.4. The second-order valence-corrected chi connectivity index (χ2v) is 23.9. The molecule has 4 N–H and O–H groups in total. The number of carboxylic acids is 3. The molecule has 0 radical (unpaired) electrons. The SMILES string of the molecule is CCN=C=NCCCN(C)C.CN(C)c1ccc2c(-c3c(Cl)cc(C(=O)O)c(Cl)c3C(=O)O)c3ccc(=[N+](C)C)cc-3oc2c1.CN(C)c1ccc2c(-c3c(Cl)cc(C(=O)ON4C(=O)CCC4=O)c(Cl)c3C(=O)O)c3ccc(=[N+](C)C)cc-3oc2c1.O=C1CCC(=O)N1O. The number of fused-ring (bicyclic) bond motifs is 4. The first-order valence-electron chi connectivity index (χ1n) is 28.8. The molecule has 28 heteroatoms. The maximum absolute atomic E-state index is 13.0. The van der Waals surface area contributed by atoms with E-state index in [-0.39, 0.29) is 63.0 Å². The number of hydrogen-bond donors (Lipinski definition) is 4. The van der Waals surface area contributed by atoms with Crippen LogP contribution in [0.5, 0.6) is 0 Å². The Morgan fingerprint density at radius 1 is 0.574 bits per heavy atom. The minimum absolute atomic E-state index is 0.0404. The van der Waals surface area contributed by atoms with E-state index in [1.54, 1.807) is 12.1 Å². The molecule has 0 unspecified atom stereocenters. The number of benzene rings is 6. The van der Waals surface area contributed by atoms with Crippen LogP contribution in [-0.2, 0) is 24.0 Å². The third kappa shape index (κ3) is 16.1. The van der Waals surface area contributed by atoms with Gasteiger partial charge >= 0.3 is 23.9 Å². The maximum atomic E-state index is 13.0. The Labute approximate surface area is 558 Å². The first kappa shape index (κ1) is 71.9. The van der Waals surface area contributed by atoms with Crippen molar-refractivity contribution in [1.82, 2.24) is 24.2 Å². The van der Waals surface area contributed by atoms with Crippen LogP contribution < -0.4 is 29.7 Å². The predicted octanol–water partition coefficient (Wildman–Crippen LogP) is 10.2. The molecule has 10 rings (SSSR count). The number of halogens is 4. The van der Waals surface area contributed by atoms with Gasteiger partial charge in [-0.05, 0) is 82.5 Å². The number of nitrogens with zero attached hydrogens (tertiary/aromatic N) is 9. The zero-order valence-corrected chi connectivity index (χ0v) is 56.1. The van der Waals surface area contributed by atoms with Gasteiger partial charge in [-0.25, -0.2) is 38.3 Å². The van der Waals surface area contributed by atoms with Gasteiger partial charge in [0.1, 0.15) is 50.9 Å². The van der Waals surface area contributed by atoms with E-state index in [0.29, 0.717) is 60.8 Å². The summed E-state index contributed by atoms with van der Waals surface area (Å²) in [6, 6.07) is 27.0. The lowest BCUT2D eigenvalue weighted by atomic mass is 9.89. The van der Waals surface area contributed by atoms with E-state index in [0.717, 1.165) is 48.1 Å². The summed E-state index contributed by atoms with van der Waals surface area (Å²) in [6.45, 7) is 4.67. The molecular formula is C66H67Cl4N9O15+2. The quantitative estimate of drug-likeness (QED) is 0.0196. The number of aromatic carboxylic acids is 3. The van der Waals surface area contributed by atoms with E-state index >= 15 is 0 Å². The normalized spacial score (nSPS) is 12.6. The van der Waals surface area contributed by atoms with Gasteiger partial charge in [0.05, 0.1) is 67.0 Å². The van der Waals surface area contributed by atoms with Gasteiger partial charge in [-0.15, -0.1) is 5.06 Å². The number of carbonyl (C=O) groups is 8. The second-order valence-electron chi connectivity index (χ2n) is 22.3. The van der Waals surface area contributed by atoms with Gasteiger partial charge in [0.2, 0.25) is 10.7 Å². The van der Waals surface area contributed by atoms with E-state index in [1.165, 1.54) is 12.1 Å². The summed E-state index contributed by atoms with van der Waals surface area (Å²) in [4.78, 5) is 113. The summed E-state index contributed by atoms with van der Waals surface area (Å²) in [5, 5.41) is 40.7. The van der Waals surface area contributed by atoms with Gasteiger partial charge in [-0.3, -0.25) is 24.4 Å². The van der Waals surface area contributed by atoms with Gasteiger partial charge < -0.3 is 43.7 Å². The van der Waals surface area contributed by atoms with Crippen molar-refractivity contribution in [2.75, 3.05) is 99.9 Å². The Morgan fingerprint density at radius 2 is 1.00 bits per heavy atom. The number of rotatable bonds is 14. The highest BCUT2D eigenvalue weighted by Gasteiger charge is 2.36. The number of carbonyl (C=O) groups excluding carboxylic acids is 5. The van der Waals surface area contributed by atoms with E-state index in [9.17, 15) is 53.7 Å². The Balaban J connectivity index is 0.000000210. The highest BCUT2D eigenvalue weighted by Crippen LogP contribution is 2.49. The van der Waals surface area contributed by atoms with E-state index in [1.807, 2.05) is 143 Å². The molecule has 0 saturated carbocycles. The largest absolute Gasteiger partial charge is 0.478 e. The third-order valence-electron chi connectivity index (χ3n) is 14.6. The maximum Gasteiger partial charge on any atom is 0.365 e. The Hall–Kier alpha value is -9.52. The zero-order valence-electron chi connectivity index (χ0n) is 53.1. The molecule has 4 aromatic carbocycles. The number of imide groups is 2. The smallest absolute Gasteiger partial charge is 0.365 e. The van der Waals surface area contributed by atoms with Gasteiger partial charge in [0, 0.05) is 140 Å². The Bertz CT molecular complexity index is 4490. The van der Waals surface area contributed by atoms with Crippen LogP contribution in [-0.4, -0.2) is 179 Å². The van der Waals surface area contributed by atoms with E-state index in [2.05, 4.69) is 35.0 Å². The van der Waals surface area contributed by atoms with Crippen LogP contribution in [0.2, 0.25) is 20.1 Å². The number of hydroxylamine groups is 4. The van der Waals surface area contributed by atoms with Crippen molar-refractivity contribution < 1.29 is 72.6 Å². The molecule has 0 bridgehead atoms. The van der Waals surface area contributed by atoms with Gasteiger partial charge in [-0.1, -0.05) is 46.4 Å². The Kier molecular flexibility index (Phi) is 23.7. The number of carboxylic acid groups (broad SMARTS) is 3. The van der Waals surface area contributed by atoms with Crippen LogP contribution in [0.15, 0.2) is 104 Å². The summed E-state index contributed by atoms with van der Waals surface area (Å²) in [5.41, 5.74) is 3.37. The molecule has 0 spiro atoms. The minimum Gasteiger partial charge on any atom is -0.478 e. The molecule has 0 atom stereocenters. The van der Waals surface area contributed by atoms with Gasteiger partial charge in [-0.2, -0.15) is 5.06 Å². The van der Waals surface area contributed by atoms with E-state index in [4.69, 9.17) is 65.3 Å². The standard InChI is InChI=1S/C29H23Cl2N3O7.C25H20Cl2N2O5.C8H17N3.C4H5NO3/c1-32(2)14-5-7-16-20(11-14)40-21-12-15(33(3)4)6-8-17(21)24(16)25-19(30)13-18(27(31)26(25)28(37)38)29(39)41-34-22(35)9-10-23(34)36;1-28(2)12-5-7-14-18(9-12)34-19-10-13(29(3)4)6-8-15(19)20(14)21-17(26)11-16(24(30)31)23(27)22(21)25(32)33;1-4-9-8-10-6-5-7-11(2)3;6-3-1-2-4(7)5(3)8/h5-8,11-13H,9-10H2,1-4H3;5-11H,1-4H3,(H-,30,31,32,33);4-7H2,1-3H3;8H,1-2H2/p+2. The monoisotopic (exact) mass is 1370 g/mol. The summed E-state index contributed by atoms with van der Waals surface area (Å²) < 4.78 is 16.4. The van der Waals surface area contributed by atoms with Crippen LogP contribution in [0.4, 0.5) is 11.4 Å². The number of anilines is 2. The zero-order chi connectivity index (χ0) is 69.3. The van der Waals surface area contributed by atoms with Crippen molar-refractivity contribution in [2.24, 2.45) is 9.98 Å². The number of hydrogen-bond acceptors (Lipinski definition) is 17. The molecule has 4 amide bonds. The molecule has 2 aliphatic carbocycles. The minimum atomic E-state index is -1.45. The number of aliphatic imine (C=N–C) groups is 2. The summed E-state index contributed by atoms with van der Waals surface area (Å²) in [5.74, 6) is -6.83. The van der Waals surface area contributed by atoms with Crippen LogP contribution >= 0.6 is 46.4 Å². The molecule has 4 aliphatic heterocycles. The molecule has 0 aromatic heterocycles. The lowest BCUT2D eigenvalue weighted by Crippen LogP contribution is -2.32. The fraction of sp³-hybridized carbons (Fsp3) is 0.288. The average molecular weight is 1370 g/mol. The van der Waals surface area contributed by atoms with Crippen molar-refractivity contribution in [1.29, 1.82) is 0 Å². The lowest BCUT2D eigenvalue weighted by molar-refractivity contribution is -0.173. The fourth-order valence-electron chi connectivity index (χ4n) is 9.82. The fourth-order valence-corrected chi connectivity index (χ4v) is 11.0. The summed E-state index contributed by atoms with van der Waals surface area (Å²) >= 11 is 26.2. The van der Waals surface area contributed by atoms with Crippen LogP contribution in [0.3, 0.4) is 0 Å². The van der Waals surface area contributed by atoms with E-state index < -0.39 is 68.7 Å². The van der Waals surface area contributed by atoms with Crippen molar-refractivity contribution in [3.05, 3.63) is 138 Å². The highest BCUT2D eigenvalue weighted by molar-refractivity contribution is 6.42. The molecule has 4 aromatic rings. The van der Waals surface area contributed by atoms with Crippen molar-refractivity contribution in [2.45, 2.75) is 39.0 Å². The molecular weight excluding hydrogens is 1300 g/mol. The van der Waals surface area contributed by atoms with Crippen molar-refractivity contribution in [3.63, 3.8) is 0 Å². The predicted molar refractivity (Wildman–Crippen MR) is 358 cm³/mol. The summed E-state index contributed by atoms with van der Waals surface area (Å²) in [6.07, 6.45) is 1.16.